The van der Waals surface area contributed by atoms with Crippen molar-refractivity contribution in [2.75, 3.05) is 25.1 Å². The van der Waals surface area contributed by atoms with Crippen molar-refractivity contribution < 1.29 is 24.3 Å². The number of carboxylic acid groups (broad SMARTS) is 1. The van der Waals surface area contributed by atoms with Crippen molar-refractivity contribution in [3.63, 3.8) is 0 Å². The Hall–Kier alpha value is -2.35. The number of Topliss-reactive ketones (excluding diaryl/α,β-unsaturated/α-hetero) is 2. The largest absolute Gasteiger partial charge is 0.465 e. The second-order valence-corrected chi connectivity index (χ2v) is 6.84. The summed E-state index contributed by atoms with van der Waals surface area (Å²) in [5.74, 6) is -0.715. The Labute approximate surface area is 157 Å². The molecule has 0 radical (unpaired) electrons. The van der Waals surface area contributed by atoms with Crippen molar-refractivity contribution in [1.82, 2.24) is 10.2 Å². The molecule has 0 bridgehead atoms. The molecule has 0 saturated carbocycles. The molecule has 0 saturated heterocycles. The molecule has 1 aromatic carbocycles. The number of likely N-dealkylation sites (N-methyl/N-ethyl adjacent to an activating group) is 1. The van der Waals surface area contributed by atoms with Crippen molar-refractivity contribution in [3.05, 3.63) is 35.9 Å². The maximum atomic E-state index is 12.1. The summed E-state index contributed by atoms with van der Waals surface area (Å²) in [7, 11) is 1.32. The molecule has 1 unspecified atom stereocenters. The minimum atomic E-state index is -1.18. The standard InChI is InChI=1S/C18H24N2O5S/c1-3-15(21)16(22)12-26-11-14(9-13-7-5-4-6-8-13)19-17(23)10-20(2)18(24)25/h4-8,14H,3,9-12H2,1-2H3,(H,19,23)(H,24,25). The molecule has 26 heavy (non-hydrogen) atoms. The first kappa shape index (κ1) is 21.7. The molecule has 1 aromatic rings. The molecule has 0 aliphatic heterocycles. The molecule has 1 atom stereocenters. The van der Waals surface area contributed by atoms with Crippen LogP contribution in [0.2, 0.25) is 0 Å². The molecule has 7 nitrogen and oxygen atoms in total. The van der Waals surface area contributed by atoms with Crippen LogP contribution < -0.4 is 5.32 Å². The molecule has 142 valence electrons. The van der Waals surface area contributed by atoms with Crippen molar-refractivity contribution in [3.8, 4) is 0 Å². The number of benzene rings is 1. The van der Waals surface area contributed by atoms with Gasteiger partial charge in [0.25, 0.3) is 0 Å². The number of carbonyl (C=O) groups excluding carboxylic acids is 3. The van der Waals surface area contributed by atoms with Gasteiger partial charge in [0.15, 0.2) is 5.78 Å². The number of hydrogen-bond acceptors (Lipinski definition) is 5. The maximum Gasteiger partial charge on any atom is 0.407 e. The number of amides is 2. The summed E-state index contributed by atoms with van der Waals surface area (Å²) >= 11 is 1.28. The molecule has 0 spiro atoms. The zero-order valence-corrected chi connectivity index (χ0v) is 15.8. The summed E-state index contributed by atoms with van der Waals surface area (Å²) in [5.41, 5.74) is 1.01. The predicted octanol–water partition coefficient (Wildman–Crippen LogP) is 1.61. The van der Waals surface area contributed by atoms with Crippen molar-refractivity contribution in [1.29, 1.82) is 0 Å². The number of carbonyl (C=O) groups is 4. The number of ketones is 2. The van der Waals surface area contributed by atoms with Crippen molar-refractivity contribution in [2.45, 2.75) is 25.8 Å². The topological polar surface area (TPSA) is 104 Å². The third-order valence-corrected chi connectivity index (χ3v) is 4.69. The van der Waals surface area contributed by atoms with E-state index in [4.69, 9.17) is 5.11 Å². The average Bonchev–Trinajstić information content (AvgIpc) is 2.61. The van der Waals surface area contributed by atoms with E-state index < -0.39 is 23.6 Å². The summed E-state index contributed by atoms with van der Waals surface area (Å²) in [6, 6.07) is 9.26. The second kappa shape index (κ2) is 11.3. The van der Waals surface area contributed by atoms with Gasteiger partial charge in [-0.1, -0.05) is 37.3 Å². The van der Waals surface area contributed by atoms with Gasteiger partial charge in [-0.05, 0) is 12.0 Å². The van der Waals surface area contributed by atoms with Crippen LogP contribution in [0.1, 0.15) is 18.9 Å². The molecular weight excluding hydrogens is 356 g/mol. The Balaban J connectivity index is 2.63. The summed E-state index contributed by atoms with van der Waals surface area (Å²) in [6.45, 7) is 1.38. The maximum absolute atomic E-state index is 12.1. The Kier molecular flexibility index (Phi) is 9.43. The van der Waals surface area contributed by atoms with E-state index >= 15 is 0 Å². The van der Waals surface area contributed by atoms with E-state index in [0.29, 0.717) is 12.2 Å². The van der Waals surface area contributed by atoms with Gasteiger partial charge in [0.2, 0.25) is 11.7 Å². The Morgan fingerprint density at radius 2 is 1.81 bits per heavy atom. The lowest BCUT2D eigenvalue weighted by atomic mass is 10.1. The Morgan fingerprint density at radius 1 is 1.15 bits per heavy atom. The number of thioether (sulfide) groups is 1. The third-order valence-electron chi connectivity index (χ3n) is 3.58. The van der Waals surface area contributed by atoms with Gasteiger partial charge in [-0.25, -0.2) is 4.79 Å². The van der Waals surface area contributed by atoms with E-state index in [2.05, 4.69) is 5.32 Å². The monoisotopic (exact) mass is 380 g/mol. The van der Waals surface area contributed by atoms with Crippen molar-refractivity contribution in [2.24, 2.45) is 0 Å². The van der Waals surface area contributed by atoms with E-state index in [1.807, 2.05) is 30.3 Å². The molecule has 0 aromatic heterocycles. The highest BCUT2D eigenvalue weighted by molar-refractivity contribution is 8.00. The van der Waals surface area contributed by atoms with Crippen LogP contribution in [0.5, 0.6) is 0 Å². The summed E-state index contributed by atoms with van der Waals surface area (Å²) < 4.78 is 0. The summed E-state index contributed by atoms with van der Waals surface area (Å²) in [6.07, 6.45) is -0.449. The van der Waals surface area contributed by atoms with E-state index in [0.717, 1.165) is 10.5 Å². The number of nitrogens with one attached hydrogen (secondary N) is 1. The molecule has 0 fully saturated rings. The van der Waals surface area contributed by atoms with Crippen LogP contribution in [0.25, 0.3) is 0 Å². The first-order valence-electron chi connectivity index (χ1n) is 8.24. The zero-order chi connectivity index (χ0) is 19.5. The molecule has 2 amide bonds. The van der Waals surface area contributed by atoms with Gasteiger partial charge in [0.1, 0.15) is 6.54 Å². The highest BCUT2D eigenvalue weighted by Crippen LogP contribution is 2.10. The van der Waals surface area contributed by atoms with E-state index in [9.17, 15) is 19.2 Å². The van der Waals surface area contributed by atoms with Gasteiger partial charge < -0.3 is 15.3 Å². The van der Waals surface area contributed by atoms with Gasteiger partial charge in [-0.2, -0.15) is 11.8 Å². The molecular formula is C18H24N2O5S. The minimum absolute atomic E-state index is 0.0723. The average molecular weight is 380 g/mol. The summed E-state index contributed by atoms with van der Waals surface area (Å²) in [4.78, 5) is 46.8. The Bertz CT molecular complexity index is 636. The van der Waals surface area contributed by atoms with Gasteiger partial charge >= 0.3 is 6.09 Å². The van der Waals surface area contributed by atoms with E-state index in [-0.39, 0.29) is 24.8 Å². The van der Waals surface area contributed by atoms with E-state index in [1.54, 1.807) is 6.92 Å². The molecule has 1 rings (SSSR count). The molecule has 0 heterocycles. The third kappa shape index (κ3) is 8.15. The fraction of sp³-hybridized carbons (Fsp3) is 0.444. The van der Waals surface area contributed by atoms with Crippen LogP contribution in [-0.2, 0) is 20.8 Å². The normalized spacial score (nSPS) is 11.5. The van der Waals surface area contributed by atoms with Crippen molar-refractivity contribution >= 4 is 35.3 Å². The fourth-order valence-electron chi connectivity index (χ4n) is 2.18. The van der Waals surface area contributed by atoms with Crippen LogP contribution in [0.4, 0.5) is 4.79 Å². The lowest BCUT2D eigenvalue weighted by Gasteiger charge is -2.20. The van der Waals surface area contributed by atoms with Gasteiger partial charge in [-0.3, -0.25) is 14.4 Å². The highest BCUT2D eigenvalue weighted by Gasteiger charge is 2.18. The van der Waals surface area contributed by atoms with Crippen LogP contribution >= 0.6 is 11.8 Å². The van der Waals surface area contributed by atoms with Gasteiger partial charge in [0, 0.05) is 25.3 Å². The quantitative estimate of drug-likeness (QED) is 0.565. The first-order chi connectivity index (χ1) is 12.3. The first-order valence-corrected chi connectivity index (χ1v) is 9.40. The smallest absolute Gasteiger partial charge is 0.407 e. The molecule has 8 heteroatoms. The van der Waals surface area contributed by atoms with Gasteiger partial charge in [-0.15, -0.1) is 0 Å². The molecule has 0 aliphatic rings. The number of hydrogen-bond donors (Lipinski definition) is 2. The van der Waals surface area contributed by atoms with E-state index in [1.165, 1.54) is 18.8 Å². The fourth-order valence-corrected chi connectivity index (χ4v) is 3.13. The second-order valence-electron chi connectivity index (χ2n) is 5.81. The zero-order valence-electron chi connectivity index (χ0n) is 14.9. The van der Waals surface area contributed by atoms with Crippen LogP contribution in [0, 0.1) is 0 Å². The van der Waals surface area contributed by atoms with Gasteiger partial charge in [0.05, 0.1) is 5.75 Å². The molecule has 2 N–H and O–H groups in total. The van der Waals surface area contributed by atoms with Crippen LogP contribution in [0.15, 0.2) is 30.3 Å². The van der Waals surface area contributed by atoms with Crippen LogP contribution in [0.3, 0.4) is 0 Å². The highest BCUT2D eigenvalue weighted by atomic mass is 32.2. The number of nitrogens with zero attached hydrogens (tertiary/aromatic N) is 1. The minimum Gasteiger partial charge on any atom is -0.465 e. The molecule has 0 aliphatic carbocycles. The number of rotatable bonds is 11. The Morgan fingerprint density at radius 3 is 2.38 bits per heavy atom. The lowest BCUT2D eigenvalue weighted by Crippen LogP contribution is -2.44. The SMILES string of the molecule is CCC(=O)C(=O)CSCC(Cc1ccccc1)NC(=O)CN(C)C(=O)O. The predicted molar refractivity (Wildman–Crippen MR) is 100 cm³/mol. The lowest BCUT2D eigenvalue weighted by molar-refractivity contribution is -0.134. The summed E-state index contributed by atoms with van der Waals surface area (Å²) in [5, 5.41) is 11.7. The van der Waals surface area contributed by atoms with Crippen LogP contribution in [-0.4, -0.2) is 64.7 Å².